The fourth-order valence-electron chi connectivity index (χ4n) is 2.72. The Bertz CT molecular complexity index is 920. The number of aromatic nitrogens is 4. The molecule has 0 amide bonds. The van der Waals surface area contributed by atoms with Crippen LogP contribution in [0, 0.1) is 0 Å². The Labute approximate surface area is 173 Å². The van der Waals surface area contributed by atoms with Crippen molar-refractivity contribution in [3.8, 4) is 0 Å². The zero-order valence-corrected chi connectivity index (χ0v) is 18.4. The predicted molar refractivity (Wildman–Crippen MR) is 106 cm³/mol. The molecule has 4 N–H and O–H groups in total. The van der Waals surface area contributed by atoms with E-state index >= 15 is 0 Å². The first-order valence-corrected chi connectivity index (χ1v) is 13.3. The first kappa shape index (κ1) is 22.8. The molecule has 0 bridgehead atoms. The van der Waals surface area contributed by atoms with Crippen LogP contribution in [0.4, 0.5) is 5.82 Å². The summed E-state index contributed by atoms with van der Waals surface area (Å²) < 4.78 is 44.5. The molecular formula is C12H18N5O8P2S2+. The molecule has 2 aromatic heterocycles. The van der Waals surface area contributed by atoms with Crippen molar-refractivity contribution in [2.45, 2.75) is 24.9 Å². The summed E-state index contributed by atoms with van der Waals surface area (Å²) in [5.41, 5.74) is 6.69. The molecule has 1 fully saturated rings. The number of fused-ring (bicyclic) bond motifs is 1. The normalized spacial score (nSPS) is 24.7. The maximum atomic E-state index is 11.7. The summed E-state index contributed by atoms with van der Waals surface area (Å²) in [7, 11) is -5.03. The van der Waals surface area contributed by atoms with Crippen LogP contribution >= 0.6 is 37.7 Å². The number of phosphoric acid groups is 1. The molecule has 3 heterocycles. The molecule has 3 unspecified atom stereocenters. The molecule has 0 saturated carbocycles. The first-order chi connectivity index (χ1) is 13.8. The van der Waals surface area contributed by atoms with Gasteiger partial charge >= 0.3 is 16.1 Å². The Morgan fingerprint density at radius 3 is 3.00 bits per heavy atom. The smallest absolute Gasteiger partial charge is 0.382 e. The van der Waals surface area contributed by atoms with Gasteiger partial charge in [-0.3, -0.25) is 14.0 Å². The number of nitrogens with two attached hydrogens (primary N) is 1. The summed E-state index contributed by atoms with van der Waals surface area (Å²) >= 11 is 0. The van der Waals surface area contributed by atoms with Crippen LogP contribution in [0.1, 0.15) is 12.6 Å². The Hall–Kier alpha value is -0.860. The molecule has 0 aromatic carbocycles. The van der Waals surface area contributed by atoms with Crippen LogP contribution in [0.2, 0.25) is 0 Å². The van der Waals surface area contributed by atoms with E-state index in [0.29, 0.717) is 23.5 Å². The van der Waals surface area contributed by atoms with E-state index in [0.717, 1.165) is 0 Å². The van der Waals surface area contributed by atoms with Gasteiger partial charge < -0.3 is 15.2 Å². The van der Waals surface area contributed by atoms with Gasteiger partial charge in [-0.05, 0) is 10.6 Å². The van der Waals surface area contributed by atoms with Gasteiger partial charge in [0.25, 0.3) is 0 Å². The van der Waals surface area contributed by atoms with Gasteiger partial charge in [0.15, 0.2) is 11.5 Å². The van der Waals surface area contributed by atoms with Gasteiger partial charge in [0.1, 0.15) is 30.1 Å². The second-order valence-corrected chi connectivity index (χ2v) is 10.5. The topological polar surface area (TPSA) is 181 Å². The fraction of sp³-hybridized carbons (Fsp3) is 0.583. The van der Waals surface area contributed by atoms with Crippen molar-refractivity contribution in [3.05, 3.63) is 12.7 Å². The Balaban J connectivity index is 1.74. The van der Waals surface area contributed by atoms with E-state index in [2.05, 4.69) is 19.3 Å². The molecule has 29 heavy (non-hydrogen) atoms. The van der Waals surface area contributed by atoms with E-state index in [1.165, 1.54) is 34.2 Å². The standard InChI is InChI=1S/C12H17N5O8P2S2/c1-28-29-6-22-7-2-9(17-5-16-10-11(13)14-4-15-12(10)17)24-8(7)3-23-27(20,21)25-26(18)19/h4-5,7-9H,2-3,6H2,1H3,(H3-,13,14,15,18,19,20,21)/p+1/t7?,8-,9-/m1/s1. The number of phosphoric ester groups is 1. The minimum absolute atomic E-state index is 0.229. The molecule has 1 aliphatic heterocycles. The third-order valence-electron chi connectivity index (χ3n) is 3.90. The molecule has 0 radical (unpaired) electrons. The molecular weight excluding hydrogens is 468 g/mol. The highest BCUT2D eigenvalue weighted by Gasteiger charge is 2.41. The average Bonchev–Trinajstić information content (AvgIpc) is 3.24. The second kappa shape index (κ2) is 9.96. The molecule has 13 nitrogen and oxygen atoms in total. The Morgan fingerprint density at radius 2 is 2.28 bits per heavy atom. The summed E-state index contributed by atoms with van der Waals surface area (Å²) in [6.07, 6.45) is 3.31. The lowest BCUT2D eigenvalue weighted by Crippen LogP contribution is -2.28. The Morgan fingerprint density at radius 1 is 1.48 bits per heavy atom. The number of imidazole rings is 1. The van der Waals surface area contributed by atoms with Crippen molar-refractivity contribution >= 4 is 54.6 Å². The van der Waals surface area contributed by atoms with Crippen LogP contribution in [0.5, 0.6) is 0 Å². The summed E-state index contributed by atoms with van der Waals surface area (Å²) in [6, 6.07) is 0. The SMILES string of the molecule is CSSCOC1C[C@H](n2cnc3c(N)ncnc32)O[C@@H]1COP(=O)(O)O[P+](=O)O. The third-order valence-corrected chi connectivity index (χ3v) is 7.22. The molecule has 3 rings (SSSR count). The van der Waals surface area contributed by atoms with Crippen molar-refractivity contribution < 1.29 is 37.2 Å². The minimum Gasteiger partial charge on any atom is -0.382 e. The van der Waals surface area contributed by atoms with Crippen LogP contribution in [0.3, 0.4) is 0 Å². The minimum atomic E-state index is -4.72. The summed E-state index contributed by atoms with van der Waals surface area (Å²) in [5, 5.41) is 0. The van der Waals surface area contributed by atoms with Gasteiger partial charge in [0.2, 0.25) is 0 Å². The number of anilines is 1. The molecule has 2 aromatic rings. The van der Waals surface area contributed by atoms with E-state index in [1.807, 2.05) is 6.26 Å². The van der Waals surface area contributed by atoms with Crippen LogP contribution in [0.25, 0.3) is 11.2 Å². The lowest BCUT2D eigenvalue weighted by molar-refractivity contribution is -0.0519. The number of ether oxygens (including phenoxy) is 2. The van der Waals surface area contributed by atoms with Crippen LogP contribution in [-0.2, 0) is 27.4 Å². The van der Waals surface area contributed by atoms with Gasteiger partial charge in [-0.15, -0.1) is 4.89 Å². The van der Waals surface area contributed by atoms with Crippen LogP contribution in [-0.4, -0.2) is 60.3 Å². The molecule has 0 aliphatic carbocycles. The number of rotatable bonds is 10. The monoisotopic (exact) mass is 486 g/mol. The lowest BCUT2D eigenvalue weighted by Gasteiger charge is -2.18. The summed E-state index contributed by atoms with van der Waals surface area (Å²) in [6.45, 7) is -0.397. The lowest BCUT2D eigenvalue weighted by atomic mass is 10.2. The van der Waals surface area contributed by atoms with Crippen molar-refractivity contribution in [2.24, 2.45) is 0 Å². The Kier molecular flexibility index (Phi) is 7.84. The largest absolute Gasteiger partial charge is 0.705 e. The third kappa shape index (κ3) is 5.85. The molecule has 160 valence electrons. The van der Waals surface area contributed by atoms with Gasteiger partial charge in [0.05, 0.1) is 19.0 Å². The number of hydrogen-bond donors (Lipinski definition) is 3. The van der Waals surface area contributed by atoms with E-state index in [1.54, 1.807) is 4.57 Å². The molecule has 1 aliphatic rings. The maximum Gasteiger partial charge on any atom is 0.705 e. The zero-order valence-electron chi connectivity index (χ0n) is 14.9. The molecule has 1 saturated heterocycles. The van der Waals surface area contributed by atoms with Gasteiger partial charge in [-0.25, -0.2) is 19.5 Å². The summed E-state index contributed by atoms with van der Waals surface area (Å²) in [4.78, 5) is 30.4. The predicted octanol–water partition coefficient (Wildman–Crippen LogP) is 1.83. The van der Waals surface area contributed by atoms with Crippen molar-refractivity contribution in [1.82, 2.24) is 19.5 Å². The molecule has 0 spiro atoms. The van der Waals surface area contributed by atoms with Crippen molar-refractivity contribution in [1.29, 1.82) is 0 Å². The summed E-state index contributed by atoms with van der Waals surface area (Å²) in [5.74, 6) is 0.584. The van der Waals surface area contributed by atoms with E-state index in [-0.39, 0.29) is 5.82 Å². The first-order valence-electron chi connectivity index (χ1n) is 7.99. The maximum absolute atomic E-state index is 11.7. The number of hydrogen-bond acceptors (Lipinski definition) is 12. The van der Waals surface area contributed by atoms with E-state index in [4.69, 9.17) is 24.6 Å². The fourth-order valence-corrected chi connectivity index (χ4v) is 4.73. The van der Waals surface area contributed by atoms with E-state index in [9.17, 15) is 14.0 Å². The van der Waals surface area contributed by atoms with Gasteiger partial charge in [-0.2, -0.15) is 0 Å². The van der Waals surface area contributed by atoms with Crippen LogP contribution in [0.15, 0.2) is 12.7 Å². The van der Waals surface area contributed by atoms with Gasteiger partial charge in [-0.1, -0.05) is 21.6 Å². The number of nitrogens with zero attached hydrogens (tertiary/aromatic N) is 4. The highest BCUT2D eigenvalue weighted by molar-refractivity contribution is 8.76. The highest BCUT2D eigenvalue weighted by atomic mass is 33.1. The second-order valence-electron chi connectivity index (χ2n) is 5.64. The van der Waals surface area contributed by atoms with E-state index < -0.39 is 41.1 Å². The number of nitrogen functional groups attached to an aromatic ring is 1. The van der Waals surface area contributed by atoms with Gasteiger partial charge in [0, 0.05) is 11.0 Å². The van der Waals surface area contributed by atoms with Crippen molar-refractivity contribution in [3.63, 3.8) is 0 Å². The average molecular weight is 486 g/mol. The van der Waals surface area contributed by atoms with Crippen molar-refractivity contribution in [2.75, 3.05) is 24.5 Å². The zero-order chi connectivity index (χ0) is 21.0. The molecule has 17 heteroatoms. The van der Waals surface area contributed by atoms with Crippen LogP contribution < -0.4 is 5.73 Å². The molecule has 5 atom stereocenters. The highest BCUT2D eigenvalue weighted by Crippen LogP contribution is 2.51. The quantitative estimate of drug-likeness (QED) is 0.191.